The Kier molecular flexibility index (Phi) is 6.23. The van der Waals surface area contributed by atoms with Crippen molar-refractivity contribution < 1.29 is 13.9 Å². The van der Waals surface area contributed by atoms with Gasteiger partial charge in [0.2, 0.25) is 0 Å². The summed E-state index contributed by atoms with van der Waals surface area (Å²) in [5.74, 6) is 0.890. The van der Waals surface area contributed by atoms with Gasteiger partial charge in [-0.1, -0.05) is 6.92 Å². The van der Waals surface area contributed by atoms with Crippen LogP contribution in [-0.2, 0) is 9.47 Å². The van der Waals surface area contributed by atoms with E-state index in [1.165, 1.54) is 19.0 Å². The molecule has 2 aromatic heterocycles. The summed E-state index contributed by atoms with van der Waals surface area (Å²) in [5, 5.41) is 12.2. The molecule has 0 radical (unpaired) electrons. The van der Waals surface area contributed by atoms with Crippen LogP contribution in [0.4, 0.5) is 10.2 Å². The monoisotopic (exact) mass is 481 g/mol. The largest absolute Gasteiger partial charge is 0.376 e. The normalized spacial score (nSPS) is 31.7. The quantitative estimate of drug-likeness (QED) is 0.655. The maximum absolute atomic E-state index is 14.0. The zero-order valence-electron chi connectivity index (χ0n) is 20.6. The van der Waals surface area contributed by atoms with Crippen LogP contribution in [0, 0.1) is 11.2 Å². The van der Waals surface area contributed by atoms with Gasteiger partial charge in [0.05, 0.1) is 37.9 Å². The van der Waals surface area contributed by atoms with Gasteiger partial charge < -0.3 is 14.8 Å². The van der Waals surface area contributed by atoms with Gasteiger partial charge in [-0.3, -0.25) is 9.88 Å². The van der Waals surface area contributed by atoms with Gasteiger partial charge in [-0.25, -0.2) is 4.39 Å². The van der Waals surface area contributed by atoms with Crippen LogP contribution >= 0.6 is 0 Å². The minimum atomic E-state index is -0.311. The van der Waals surface area contributed by atoms with Crippen molar-refractivity contribution in [1.82, 2.24) is 20.1 Å². The van der Waals surface area contributed by atoms with E-state index in [-0.39, 0.29) is 11.4 Å². The van der Waals surface area contributed by atoms with E-state index < -0.39 is 0 Å². The van der Waals surface area contributed by atoms with Gasteiger partial charge in [0, 0.05) is 42.7 Å². The molecule has 2 saturated carbocycles. The number of likely N-dealkylation sites (tertiary alicyclic amines) is 1. The molecule has 2 aliphatic heterocycles. The Hall–Kier alpha value is -2.16. The molecule has 8 heteroatoms. The fourth-order valence-corrected chi connectivity index (χ4v) is 6.23. The van der Waals surface area contributed by atoms with Gasteiger partial charge in [0.15, 0.2) is 0 Å². The number of aromatic nitrogens is 3. The Balaban J connectivity index is 1.06. The lowest BCUT2D eigenvalue weighted by Crippen LogP contribution is -2.47. The number of hydrogen-bond acceptors (Lipinski definition) is 7. The molecule has 35 heavy (non-hydrogen) atoms. The van der Waals surface area contributed by atoms with Crippen molar-refractivity contribution in [2.45, 2.75) is 69.4 Å². The lowest BCUT2D eigenvalue weighted by atomic mass is 9.73. The zero-order valence-corrected chi connectivity index (χ0v) is 20.6. The third kappa shape index (κ3) is 5.20. The van der Waals surface area contributed by atoms with E-state index in [1.54, 1.807) is 12.3 Å². The second-order valence-corrected chi connectivity index (χ2v) is 11.5. The van der Waals surface area contributed by atoms with Gasteiger partial charge in [-0.05, 0) is 62.5 Å². The minimum Gasteiger partial charge on any atom is -0.376 e. The average molecular weight is 482 g/mol. The first-order valence-corrected chi connectivity index (χ1v) is 13.2. The molecule has 4 aliphatic rings. The first-order valence-electron chi connectivity index (χ1n) is 13.2. The second-order valence-electron chi connectivity index (χ2n) is 11.5. The van der Waals surface area contributed by atoms with E-state index in [0.717, 1.165) is 94.2 Å². The van der Waals surface area contributed by atoms with E-state index in [9.17, 15) is 4.39 Å². The highest BCUT2D eigenvalue weighted by Gasteiger charge is 2.43. The number of nitrogens with zero attached hydrogens (tertiary/aromatic N) is 4. The van der Waals surface area contributed by atoms with Crippen LogP contribution in [0.15, 0.2) is 24.5 Å². The highest BCUT2D eigenvalue weighted by Crippen LogP contribution is 2.44. The second kappa shape index (κ2) is 9.37. The molecule has 188 valence electrons. The number of rotatable bonds is 6. The topological polar surface area (TPSA) is 72.4 Å². The summed E-state index contributed by atoms with van der Waals surface area (Å²) < 4.78 is 25.8. The van der Waals surface area contributed by atoms with Crippen LogP contribution < -0.4 is 5.32 Å². The lowest BCUT2D eigenvalue weighted by Gasteiger charge is -2.41. The van der Waals surface area contributed by atoms with Gasteiger partial charge in [0.1, 0.15) is 17.2 Å². The average Bonchev–Trinajstić information content (AvgIpc) is 3.64. The van der Waals surface area contributed by atoms with Crippen LogP contribution in [0.1, 0.15) is 63.5 Å². The molecule has 0 bridgehead atoms. The first kappa shape index (κ1) is 23.3. The van der Waals surface area contributed by atoms with E-state index in [1.807, 2.05) is 6.07 Å². The van der Waals surface area contributed by atoms with Crippen LogP contribution in [0.25, 0.3) is 11.1 Å². The molecule has 4 fully saturated rings. The standard InChI is InChI=1S/C27H36FN5O2/c1-26(16-33-9-8-27(17-33)18-34-10-11-35-27)6-4-22(5-7-26)31-24-12-20(14-30-32-24)23-13-21(28)15-29-25(23)19-2-3-19/h12-15,19,22H,2-11,16-18H2,1H3,(H,31,32). The highest BCUT2D eigenvalue weighted by atomic mass is 19.1. The Labute approximate surface area is 206 Å². The molecule has 6 rings (SSSR count). The van der Waals surface area contributed by atoms with Crippen molar-refractivity contribution in [3.05, 3.63) is 36.0 Å². The Bertz CT molecular complexity index is 1050. The Morgan fingerprint density at radius 1 is 1.11 bits per heavy atom. The number of pyridine rings is 1. The molecule has 2 saturated heterocycles. The zero-order chi connectivity index (χ0) is 23.9. The molecule has 0 aromatic carbocycles. The van der Waals surface area contributed by atoms with Gasteiger partial charge in [0.25, 0.3) is 0 Å². The smallest absolute Gasteiger partial charge is 0.149 e. The van der Waals surface area contributed by atoms with Gasteiger partial charge >= 0.3 is 0 Å². The third-order valence-electron chi connectivity index (χ3n) is 8.36. The number of hydrogen-bond donors (Lipinski definition) is 1. The van der Waals surface area contributed by atoms with Gasteiger partial charge in [-0.15, -0.1) is 5.10 Å². The Morgan fingerprint density at radius 3 is 2.74 bits per heavy atom. The number of anilines is 1. The van der Waals surface area contributed by atoms with Crippen molar-refractivity contribution in [3.63, 3.8) is 0 Å². The summed E-state index contributed by atoms with van der Waals surface area (Å²) in [4.78, 5) is 6.97. The molecule has 0 amide bonds. The fourth-order valence-electron chi connectivity index (χ4n) is 6.23. The molecule has 1 atom stereocenters. The first-order chi connectivity index (χ1) is 17.0. The molecule has 4 heterocycles. The maximum atomic E-state index is 14.0. The molecule has 1 unspecified atom stereocenters. The molecular formula is C27H36FN5O2. The minimum absolute atomic E-state index is 0.0758. The van der Waals surface area contributed by atoms with E-state index >= 15 is 0 Å². The molecule has 2 aliphatic carbocycles. The van der Waals surface area contributed by atoms with Gasteiger partial charge in [-0.2, -0.15) is 5.10 Å². The van der Waals surface area contributed by atoms with Crippen molar-refractivity contribution in [1.29, 1.82) is 0 Å². The van der Waals surface area contributed by atoms with Crippen LogP contribution in [0.5, 0.6) is 0 Å². The van der Waals surface area contributed by atoms with Crippen LogP contribution in [0.3, 0.4) is 0 Å². The summed E-state index contributed by atoms with van der Waals surface area (Å²) in [6.45, 7) is 7.83. The summed E-state index contributed by atoms with van der Waals surface area (Å²) >= 11 is 0. The maximum Gasteiger partial charge on any atom is 0.149 e. The summed E-state index contributed by atoms with van der Waals surface area (Å²) in [5.41, 5.74) is 2.95. The van der Waals surface area contributed by atoms with E-state index in [4.69, 9.17) is 9.47 Å². The summed E-state index contributed by atoms with van der Waals surface area (Å²) in [7, 11) is 0. The van der Waals surface area contributed by atoms with Crippen molar-refractivity contribution in [2.24, 2.45) is 5.41 Å². The molecule has 7 nitrogen and oxygen atoms in total. The molecular weight excluding hydrogens is 445 g/mol. The predicted molar refractivity (Wildman–Crippen MR) is 132 cm³/mol. The SMILES string of the molecule is CC1(CN2CCC3(COCCO3)C2)CCC(Nc2cc(-c3cc(F)cnc3C3CC3)cnn2)CC1. The van der Waals surface area contributed by atoms with Crippen LogP contribution in [0.2, 0.25) is 0 Å². The summed E-state index contributed by atoms with van der Waals surface area (Å²) in [6, 6.07) is 3.96. The van der Waals surface area contributed by atoms with E-state index in [2.05, 4.69) is 32.3 Å². The fraction of sp³-hybridized carbons (Fsp3) is 0.667. The van der Waals surface area contributed by atoms with E-state index in [0.29, 0.717) is 17.4 Å². The Morgan fingerprint density at radius 2 is 1.97 bits per heavy atom. The van der Waals surface area contributed by atoms with Crippen molar-refractivity contribution >= 4 is 5.82 Å². The van der Waals surface area contributed by atoms with Crippen molar-refractivity contribution in [3.8, 4) is 11.1 Å². The van der Waals surface area contributed by atoms with Crippen molar-refractivity contribution in [2.75, 3.05) is 44.8 Å². The third-order valence-corrected chi connectivity index (χ3v) is 8.36. The number of halogens is 1. The molecule has 1 N–H and O–H groups in total. The molecule has 1 spiro atoms. The predicted octanol–water partition coefficient (Wildman–Crippen LogP) is 4.41. The van der Waals surface area contributed by atoms with Crippen LogP contribution in [-0.4, -0.2) is 71.2 Å². The summed E-state index contributed by atoms with van der Waals surface area (Å²) in [6.07, 6.45) is 10.9. The molecule has 2 aromatic rings. The number of ether oxygens (including phenoxy) is 2. The highest BCUT2D eigenvalue weighted by molar-refractivity contribution is 5.68. The lowest BCUT2D eigenvalue weighted by molar-refractivity contribution is -0.150. The number of nitrogens with one attached hydrogen (secondary N) is 1.